The fourth-order valence-electron chi connectivity index (χ4n) is 3.25. The van der Waals surface area contributed by atoms with Gasteiger partial charge in [-0.2, -0.15) is 0 Å². The summed E-state index contributed by atoms with van der Waals surface area (Å²) in [5.74, 6) is 0. The summed E-state index contributed by atoms with van der Waals surface area (Å²) in [6, 6.07) is 20.8. The third-order valence-corrected chi connectivity index (χ3v) is 4.21. The Balaban J connectivity index is 1.84. The maximum absolute atomic E-state index is 10.1. The van der Waals surface area contributed by atoms with E-state index < -0.39 is 0 Å². The monoisotopic (exact) mass is 282 g/mol. The predicted octanol–water partition coefficient (Wildman–Crippen LogP) is 3.38. The second kappa shape index (κ2) is 6.42. The molecule has 1 atom stereocenters. The molecule has 2 heteroatoms. The second-order valence-corrected chi connectivity index (χ2v) is 6.00. The minimum atomic E-state index is -0.291. The van der Waals surface area contributed by atoms with Crippen molar-refractivity contribution in [2.24, 2.45) is 0 Å². The number of rotatable bonds is 4. The van der Waals surface area contributed by atoms with Gasteiger partial charge in [-0.1, -0.05) is 60.7 Å². The average molecular weight is 282 g/mol. The smallest absolute Gasteiger partial charge is 0.0787 e. The van der Waals surface area contributed by atoms with E-state index in [0.717, 1.165) is 19.3 Å². The molecule has 0 spiro atoms. The van der Waals surface area contributed by atoms with Crippen LogP contribution in [0, 0.1) is 0 Å². The third-order valence-electron chi connectivity index (χ3n) is 4.21. The van der Waals surface area contributed by atoms with Crippen molar-refractivity contribution in [3.8, 4) is 0 Å². The van der Waals surface area contributed by atoms with E-state index in [1.54, 1.807) is 0 Å². The SMILES string of the molecule is OC1CCOC(Cc2ccccc2)(Cc2ccccc2)C1. The van der Waals surface area contributed by atoms with E-state index in [1.807, 2.05) is 12.1 Å². The molecule has 0 aromatic heterocycles. The summed E-state index contributed by atoms with van der Waals surface area (Å²) in [7, 11) is 0. The van der Waals surface area contributed by atoms with E-state index in [4.69, 9.17) is 4.74 Å². The van der Waals surface area contributed by atoms with Crippen molar-refractivity contribution < 1.29 is 9.84 Å². The van der Waals surface area contributed by atoms with Gasteiger partial charge in [0.25, 0.3) is 0 Å². The molecule has 1 aliphatic heterocycles. The first-order valence-electron chi connectivity index (χ1n) is 7.66. The first-order chi connectivity index (χ1) is 10.3. The van der Waals surface area contributed by atoms with Crippen LogP contribution in [-0.2, 0) is 17.6 Å². The van der Waals surface area contributed by atoms with Gasteiger partial charge in [-0.3, -0.25) is 0 Å². The first kappa shape index (κ1) is 14.3. The van der Waals surface area contributed by atoms with E-state index in [2.05, 4.69) is 48.5 Å². The summed E-state index contributed by atoms with van der Waals surface area (Å²) in [4.78, 5) is 0. The Morgan fingerprint density at radius 1 is 0.905 bits per heavy atom. The van der Waals surface area contributed by atoms with Gasteiger partial charge in [0.2, 0.25) is 0 Å². The Morgan fingerprint density at radius 2 is 1.43 bits per heavy atom. The van der Waals surface area contributed by atoms with Crippen molar-refractivity contribution in [3.05, 3.63) is 71.8 Å². The Kier molecular flexibility index (Phi) is 4.37. The molecule has 1 unspecified atom stereocenters. The highest BCUT2D eigenvalue weighted by Crippen LogP contribution is 2.32. The van der Waals surface area contributed by atoms with Crippen LogP contribution in [0.1, 0.15) is 24.0 Å². The van der Waals surface area contributed by atoms with Crippen LogP contribution in [0.3, 0.4) is 0 Å². The molecule has 110 valence electrons. The van der Waals surface area contributed by atoms with Crippen molar-refractivity contribution >= 4 is 0 Å². The fourth-order valence-corrected chi connectivity index (χ4v) is 3.25. The molecule has 0 amide bonds. The maximum Gasteiger partial charge on any atom is 0.0787 e. The number of ether oxygens (including phenoxy) is 1. The van der Waals surface area contributed by atoms with E-state index in [-0.39, 0.29) is 11.7 Å². The second-order valence-electron chi connectivity index (χ2n) is 6.00. The molecule has 1 saturated heterocycles. The topological polar surface area (TPSA) is 29.5 Å². The number of benzene rings is 2. The lowest BCUT2D eigenvalue weighted by atomic mass is 9.81. The van der Waals surface area contributed by atoms with Crippen LogP contribution in [-0.4, -0.2) is 23.4 Å². The lowest BCUT2D eigenvalue weighted by Crippen LogP contribution is -2.45. The first-order valence-corrected chi connectivity index (χ1v) is 7.66. The quantitative estimate of drug-likeness (QED) is 0.931. The molecule has 1 fully saturated rings. The van der Waals surface area contributed by atoms with Gasteiger partial charge >= 0.3 is 0 Å². The number of hydrogen-bond acceptors (Lipinski definition) is 2. The summed E-state index contributed by atoms with van der Waals surface area (Å²) in [5.41, 5.74) is 2.24. The summed E-state index contributed by atoms with van der Waals surface area (Å²) >= 11 is 0. The van der Waals surface area contributed by atoms with Crippen LogP contribution in [0.25, 0.3) is 0 Å². The van der Waals surface area contributed by atoms with E-state index in [1.165, 1.54) is 11.1 Å². The molecule has 0 bridgehead atoms. The zero-order chi connectivity index (χ0) is 14.5. The Labute approximate surface area is 126 Å². The van der Waals surface area contributed by atoms with Gasteiger partial charge in [0.05, 0.1) is 11.7 Å². The summed E-state index contributed by atoms with van der Waals surface area (Å²) in [6.07, 6.45) is 2.88. The van der Waals surface area contributed by atoms with Crippen molar-refractivity contribution in [2.75, 3.05) is 6.61 Å². The molecule has 0 radical (unpaired) electrons. The zero-order valence-corrected chi connectivity index (χ0v) is 12.2. The van der Waals surface area contributed by atoms with Crippen LogP contribution >= 0.6 is 0 Å². The van der Waals surface area contributed by atoms with Crippen molar-refractivity contribution in [1.82, 2.24) is 0 Å². The van der Waals surface area contributed by atoms with Crippen LogP contribution in [0.2, 0.25) is 0 Å². The van der Waals surface area contributed by atoms with Gasteiger partial charge in [0.1, 0.15) is 0 Å². The molecule has 2 nitrogen and oxygen atoms in total. The largest absolute Gasteiger partial charge is 0.393 e. The molecule has 3 rings (SSSR count). The summed E-state index contributed by atoms with van der Waals surface area (Å²) in [5, 5.41) is 10.1. The number of hydrogen-bond donors (Lipinski definition) is 1. The van der Waals surface area contributed by atoms with Crippen LogP contribution in [0.5, 0.6) is 0 Å². The maximum atomic E-state index is 10.1. The molecule has 2 aromatic rings. The highest BCUT2D eigenvalue weighted by Gasteiger charge is 2.37. The Bertz CT molecular complexity index is 509. The van der Waals surface area contributed by atoms with Crippen LogP contribution < -0.4 is 0 Å². The summed E-state index contributed by atoms with van der Waals surface area (Å²) < 4.78 is 6.18. The fraction of sp³-hybridized carbons (Fsp3) is 0.368. The minimum Gasteiger partial charge on any atom is -0.393 e. The van der Waals surface area contributed by atoms with Gasteiger partial charge in [-0.15, -0.1) is 0 Å². The normalized spacial score (nSPS) is 21.1. The Hall–Kier alpha value is -1.64. The Morgan fingerprint density at radius 3 is 1.90 bits per heavy atom. The van der Waals surface area contributed by atoms with Gasteiger partial charge in [0, 0.05) is 25.9 Å². The molecule has 1 aliphatic rings. The molecule has 1 heterocycles. The van der Waals surface area contributed by atoms with Gasteiger partial charge < -0.3 is 9.84 Å². The molecule has 2 aromatic carbocycles. The van der Waals surface area contributed by atoms with Crippen LogP contribution in [0.15, 0.2) is 60.7 Å². The molecular formula is C19H22O2. The highest BCUT2D eigenvalue weighted by molar-refractivity contribution is 5.22. The average Bonchev–Trinajstić information content (AvgIpc) is 2.49. The van der Waals surface area contributed by atoms with Gasteiger partial charge in [0.15, 0.2) is 0 Å². The van der Waals surface area contributed by atoms with E-state index >= 15 is 0 Å². The van der Waals surface area contributed by atoms with Crippen molar-refractivity contribution in [3.63, 3.8) is 0 Å². The number of aliphatic hydroxyl groups excluding tert-OH is 1. The van der Waals surface area contributed by atoms with Gasteiger partial charge in [-0.25, -0.2) is 0 Å². The van der Waals surface area contributed by atoms with E-state index in [0.29, 0.717) is 13.0 Å². The molecule has 0 saturated carbocycles. The molecule has 21 heavy (non-hydrogen) atoms. The predicted molar refractivity (Wildman–Crippen MR) is 84.2 cm³/mol. The van der Waals surface area contributed by atoms with Crippen molar-refractivity contribution in [2.45, 2.75) is 37.4 Å². The summed E-state index contributed by atoms with van der Waals surface area (Å²) in [6.45, 7) is 0.640. The third kappa shape index (κ3) is 3.72. The lowest BCUT2D eigenvalue weighted by Gasteiger charge is -2.40. The van der Waals surface area contributed by atoms with Crippen LogP contribution in [0.4, 0.5) is 0 Å². The zero-order valence-electron chi connectivity index (χ0n) is 12.2. The molecule has 1 N–H and O–H groups in total. The molecular weight excluding hydrogens is 260 g/mol. The minimum absolute atomic E-state index is 0.258. The standard InChI is InChI=1S/C19H22O2/c20-18-11-12-21-19(15-18,13-16-7-3-1-4-8-16)14-17-9-5-2-6-10-17/h1-10,18,20H,11-15H2. The molecule has 0 aliphatic carbocycles. The van der Waals surface area contributed by atoms with E-state index in [9.17, 15) is 5.11 Å². The van der Waals surface area contributed by atoms with Crippen molar-refractivity contribution in [1.29, 1.82) is 0 Å². The number of aliphatic hydroxyl groups is 1. The lowest BCUT2D eigenvalue weighted by molar-refractivity contribution is -0.117. The van der Waals surface area contributed by atoms with Gasteiger partial charge in [-0.05, 0) is 17.5 Å². The highest BCUT2D eigenvalue weighted by atomic mass is 16.5.